The number of likely N-dealkylation sites (tertiary alicyclic amines) is 1. The average molecular weight is 260 g/mol. The molecule has 1 fully saturated rings. The van der Waals surface area contributed by atoms with E-state index in [0.717, 1.165) is 12.0 Å². The van der Waals surface area contributed by atoms with E-state index < -0.39 is 12.0 Å². The van der Waals surface area contributed by atoms with Crippen LogP contribution in [-0.2, 0) is 9.59 Å². The molecule has 5 nitrogen and oxygen atoms in total. The van der Waals surface area contributed by atoms with Crippen molar-refractivity contribution in [2.45, 2.75) is 18.9 Å². The Morgan fingerprint density at radius 2 is 2.21 bits per heavy atom. The lowest BCUT2D eigenvalue weighted by molar-refractivity contribution is -0.146. The summed E-state index contributed by atoms with van der Waals surface area (Å²) in [5.41, 5.74) is 7.09. The minimum atomic E-state index is -0.941. The molecule has 0 saturated carbocycles. The number of hydrogen-bond donors (Lipinski definition) is 2. The van der Waals surface area contributed by atoms with Crippen LogP contribution in [0.25, 0.3) is 6.08 Å². The first kappa shape index (κ1) is 13.1. The molecule has 2 rings (SSSR count). The highest BCUT2D eigenvalue weighted by atomic mass is 16.4. The average Bonchev–Trinajstić information content (AvgIpc) is 2.85. The number of amides is 1. The zero-order chi connectivity index (χ0) is 13.8. The zero-order valence-corrected chi connectivity index (χ0v) is 10.5. The van der Waals surface area contributed by atoms with Crippen LogP contribution >= 0.6 is 0 Å². The molecular formula is C14H16N2O3. The molecule has 0 spiro atoms. The van der Waals surface area contributed by atoms with Crippen LogP contribution in [0.5, 0.6) is 0 Å². The normalized spacial score (nSPS) is 18.9. The van der Waals surface area contributed by atoms with Crippen LogP contribution in [0.3, 0.4) is 0 Å². The summed E-state index contributed by atoms with van der Waals surface area (Å²) in [6, 6.07) is 6.45. The van der Waals surface area contributed by atoms with Gasteiger partial charge in [0.25, 0.3) is 0 Å². The van der Waals surface area contributed by atoms with Crippen molar-refractivity contribution in [3.63, 3.8) is 0 Å². The molecule has 1 aromatic carbocycles. The van der Waals surface area contributed by atoms with E-state index in [1.54, 1.807) is 24.3 Å². The van der Waals surface area contributed by atoms with Gasteiger partial charge in [0.2, 0.25) is 5.91 Å². The number of rotatable bonds is 3. The third-order valence-corrected chi connectivity index (χ3v) is 3.15. The molecule has 1 aliphatic rings. The minimum absolute atomic E-state index is 0.271. The number of carbonyl (C=O) groups excluding carboxylic acids is 1. The van der Waals surface area contributed by atoms with Crippen molar-refractivity contribution in [3.05, 3.63) is 35.9 Å². The smallest absolute Gasteiger partial charge is 0.326 e. The Kier molecular flexibility index (Phi) is 3.85. The van der Waals surface area contributed by atoms with Gasteiger partial charge in [-0.3, -0.25) is 4.79 Å². The number of nitrogens with two attached hydrogens (primary N) is 1. The molecule has 1 amide bonds. The van der Waals surface area contributed by atoms with E-state index in [1.807, 2.05) is 6.07 Å². The van der Waals surface area contributed by atoms with E-state index in [1.165, 1.54) is 11.0 Å². The summed E-state index contributed by atoms with van der Waals surface area (Å²) in [5, 5.41) is 9.02. The SMILES string of the molecule is Nc1cccc(/C=C/C(=O)N2CCCC2C(=O)O)c1. The fraction of sp³-hybridized carbons (Fsp3) is 0.286. The van der Waals surface area contributed by atoms with Gasteiger partial charge in [-0.25, -0.2) is 4.79 Å². The number of benzene rings is 1. The maximum atomic E-state index is 12.0. The van der Waals surface area contributed by atoms with Crippen LogP contribution in [0.4, 0.5) is 5.69 Å². The zero-order valence-electron chi connectivity index (χ0n) is 10.5. The summed E-state index contributed by atoms with van der Waals surface area (Å²) in [6.45, 7) is 0.497. The highest BCUT2D eigenvalue weighted by Crippen LogP contribution is 2.18. The van der Waals surface area contributed by atoms with Crippen molar-refractivity contribution < 1.29 is 14.7 Å². The van der Waals surface area contributed by atoms with Crippen molar-refractivity contribution >= 4 is 23.6 Å². The number of carbonyl (C=O) groups is 2. The third kappa shape index (κ3) is 3.13. The Morgan fingerprint density at radius 3 is 2.89 bits per heavy atom. The van der Waals surface area contributed by atoms with Gasteiger partial charge < -0.3 is 15.7 Å². The Labute approximate surface area is 111 Å². The highest BCUT2D eigenvalue weighted by Gasteiger charge is 2.32. The fourth-order valence-corrected chi connectivity index (χ4v) is 2.21. The van der Waals surface area contributed by atoms with E-state index in [-0.39, 0.29) is 5.91 Å². The molecule has 1 saturated heterocycles. The first-order valence-electron chi connectivity index (χ1n) is 6.15. The summed E-state index contributed by atoms with van der Waals surface area (Å²) in [4.78, 5) is 24.4. The van der Waals surface area contributed by atoms with Gasteiger partial charge in [0.1, 0.15) is 6.04 Å². The second-order valence-electron chi connectivity index (χ2n) is 4.53. The van der Waals surface area contributed by atoms with Crippen LogP contribution < -0.4 is 5.73 Å². The Bertz CT molecular complexity index is 525. The van der Waals surface area contributed by atoms with E-state index in [9.17, 15) is 9.59 Å². The molecule has 1 atom stereocenters. The van der Waals surface area contributed by atoms with Crippen LogP contribution in [-0.4, -0.2) is 34.5 Å². The number of nitrogen functional groups attached to an aromatic ring is 1. The lowest BCUT2D eigenvalue weighted by Crippen LogP contribution is -2.39. The van der Waals surface area contributed by atoms with Crippen LogP contribution in [0, 0.1) is 0 Å². The van der Waals surface area contributed by atoms with E-state index >= 15 is 0 Å². The summed E-state index contributed by atoms with van der Waals surface area (Å²) < 4.78 is 0. The molecule has 0 aliphatic carbocycles. The van der Waals surface area contributed by atoms with Crippen LogP contribution in [0.1, 0.15) is 18.4 Å². The van der Waals surface area contributed by atoms with Gasteiger partial charge in [-0.15, -0.1) is 0 Å². The minimum Gasteiger partial charge on any atom is -0.480 e. The van der Waals surface area contributed by atoms with Gasteiger partial charge >= 0.3 is 5.97 Å². The number of carboxylic acid groups (broad SMARTS) is 1. The maximum Gasteiger partial charge on any atom is 0.326 e. The van der Waals surface area contributed by atoms with Gasteiger partial charge in [-0.1, -0.05) is 12.1 Å². The standard InChI is InChI=1S/C14H16N2O3/c15-11-4-1-3-10(9-11)6-7-13(17)16-8-2-5-12(16)14(18)19/h1,3-4,6-7,9,12H,2,5,8,15H2,(H,18,19)/b7-6+. The third-order valence-electron chi connectivity index (χ3n) is 3.15. The van der Waals surface area contributed by atoms with Crippen molar-refractivity contribution in [2.75, 3.05) is 12.3 Å². The Balaban J connectivity index is 2.06. The van der Waals surface area contributed by atoms with Crippen molar-refractivity contribution in [2.24, 2.45) is 0 Å². The predicted molar refractivity (Wildman–Crippen MR) is 72.3 cm³/mol. The van der Waals surface area contributed by atoms with Crippen molar-refractivity contribution in [3.8, 4) is 0 Å². The van der Waals surface area contributed by atoms with Gasteiger partial charge in [0.15, 0.2) is 0 Å². The van der Waals surface area contributed by atoms with Crippen LogP contribution in [0.2, 0.25) is 0 Å². The number of hydrogen-bond acceptors (Lipinski definition) is 3. The molecule has 1 aromatic rings. The maximum absolute atomic E-state index is 12.0. The summed E-state index contributed by atoms with van der Waals surface area (Å²) in [6.07, 6.45) is 4.30. The van der Waals surface area contributed by atoms with Gasteiger partial charge in [0.05, 0.1) is 0 Å². The molecule has 1 heterocycles. The van der Waals surface area contributed by atoms with Gasteiger partial charge in [-0.05, 0) is 36.6 Å². The van der Waals surface area contributed by atoms with E-state index in [4.69, 9.17) is 10.8 Å². The van der Waals surface area contributed by atoms with Gasteiger partial charge in [-0.2, -0.15) is 0 Å². The first-order chi connectivity index (χ1) is 9.08. The lowest BCUT2D eigenvalue weighted by Gasteiger charge is -2.19. The molecule has 0 bridgehead atoms. The molecule has 0 aromatic heterocycles. The number of aliphatic carboxylic acids is 1. The second kappa shape index (κ2) is 5.56. The molecule has 19 heavy (non-hydrogen) atoms. The monoisotopic (exact) mass is 260 g/mol. The topological polar surface area (TPSA) is 83.6 Å². The largest absolute Gasteiger partial charge is 0.480 e. The fourth-order valence-electron chi connectivity index (χ4n) is 2.21. The number of anilines is 1. The van der Waals surface area contributed by atoms with Crippen molar-refractivity contribution in [1.29, 1.82) is 0 Å². The predicted octanol–water partition coefficient (Wildman–Crippen LogP) is 1.36. The molecule has 1 unspecified atom stereocenters. The molecule has 0 radical (unpaired) electrons. The molecule has 3 N–H and O–H groups in total. The van der Waals surface area contributed by atoms with E-state index in [0.29, 0.717) is 18.7 Å². The van der Waals surface area contributed by atoms with Gasteiger partial charge in [0, 0.05) is 18.3 Å². The quantitative estimate of drug-likeness (QED) is 0.635. The first-order valence-corrected chi connectivity index (χ1v) is 6.15. The summed E-state index contributed by atoms with van der Waals surface area (Å²) in [5.74, 6) is -1.21. The Hall–Kier alpha value is -2.30. The molecule has 5 heteroatoms. The molecule has 1 aliphatic heterocycles. The lowest BCUT2D eigenvalue weighted by atomic mass is 10.2. The molecular weight excluding hydrogens is 244 g/mol. The summed E-state index contributed by atoms with van der Waals surface area (Å²) in [7, 11) is 0. The second-order valence-corrected chi connectivity index (χ2v) is 4.53. The van der Waals surface area contributed by atoms with E-state index in [2.05, 4.69) is 0 Å². The van der Waals surface area contributed by atoms with Crippen molar-refractivity contribution in [1.82, 2.24) is 4.90 Å². The Morgan fingerprint density at radius 1 is 1.42 bits per heavy atom. The summed E-state index contributed by atoms with van der Waals surface area (Å²) >= 11 is 0. The number of nitrogens with zero attached hydrogens (tertiary/aromatic N) is 1. The van der Waals surface area contributed by atoms with Crippen LogP contribution in [0.15, 0.2) is 30.3 Å². The molecule has 100 valence electrons. The highest BCUT2D eigenvalue weighted by molar-refractivity contribution is 5.94. The number of carboxylic acids is 1.